The zero-order valence-corrected chi connectivity index (χ0v) is 30.8. The molecule has 1 spiro atoms. The van der Waals surface area contributed by atoms with Gasteiger partial charge in [0.05, 0.1) is 21.2 Å². The molecule has 4 aliphatic heterocycles. The van der Waals surface area contributed by atoms with Gasteiger partial charge in [-0.2, -0.15) is 0 Å². The van der Waals surface area contributed by atoms with Crippen LogP contribution < -0.4 is 0 Å². The first-order valence-corrected chi connectivity index (χ1v) is 20.2. The molecule has 7 aliphatic rings. The van der Waals surface area contributed by atoms with Gasteiger partial charge in [-0.15, -0.1) is 11.8 Å². The molecular formula is C50H38N2S. The number of nitrogens with zero attached hydrogens (tertiary/aromatic N) is 2. The summed E-state index contributed by atoms with van der Waals surface area (Å²) in [5.74, 6) is 0.717. The number of aromatic nitrogens is 1. The van der Waals surface area contributed by atoms with Gasteiger partial charge < -0.3 is 4.57 Å². The van der Waals surface area contributed by atoms with Gasteiger partial charge in [0.15, 0.2) is 0 Å². The fourth-order valence-electron chi connectivity index (χ4n) is 11.4. The van der Waals surface area contributed by atoms with Crippen molar-refractivity contribution in [2.24, 2.45) is 5.92 Å². The highest BCUT2D eigenvalue weighted by Gasteiger charge is 2.55. The molecule has 13 rings (SSSR count). The van der Waals surface area contributed by atoms with Crippen molar-refractivity contribution in [2.45, 2.75) is 47.3 Å². The number of allylic oxidation sites excluding steroid dienone is 7. The molecule has 5 aromatic carbocycles. The Morgan fingerprint density at radius 2 is 1.51 bits per heavy atom. The third-order valence-electron chi connectivity index (χ3n) is 13.8. The van der Waals surface area contributed by atoms with Crippen LogP contribution in [0.1, 0.15) is 59.6 Å². The van der Waals surface area contributed by atoms with Gasteiger partial charge in [0, 0.05) is 46.4 Å². The van der Waals surface area contributed by atoms with Crippen LogP contribution >= 0.6 is 11.8 Å². The van der Waals surface area contributed by atoms with E-state index >= 15 is 0 Å². The van der Waals surface area contributed by atoms with E-state index in [0.29, 0.717) is 12.0 Å². The van der Waals surface area contributed by atoms with Gasteiger partial charge in [-0.1, -0.05) is 140 Å². The van der Waals surface area contributed by atoms with Crippen molar-refractivity contribution in [2.75, 3.05) is 13.1 Å². The molecule has 5 unspecified atom stereocenters. The molecule has 0 radical (unpaired) electrons. The van der Waals surface area contributed by atoms with Crippen molar-refractivity contribution in [3.63, 3.8) is 0 Å². The lowest BCUT2D eigenvalue weighted by atomic mass is 9.62. The molecule has 0 bridgehead atoms. The Hall–Kier alpha value is -5.09. The molecule has 0 saturated carbocycles. The Bertz CT molecular complexity index is 2790. The second kappa shape index (κ2) is 9.91. The maximum Gasteiger partial charge on any atom is 0.0751 e. The Labute approximate surface area is 314 Å². The van der Waals surface area contributed by atoms with E-state index in [-0.39, 0.29) is 10.7 Å². The van der Waals surface area contributed by atoms with Gasteiger partial charge in [0.25, 0.3) is 0 Å². The Morgan fingerprint density at radius 3 is 2.26 bits per heavy atom. The van der Waals surface area contributed by atoms with E-state index in [9.17, 15) is 0 Å². The van der Waals surface area contributed by atoms with E-state index in [0.717, 1.165) is 13.0 Å². The lowest BCUT2D eigenvalue weighted by molar-refractivity contribution is 0.624. The van der Waals surface area contributed by atoms with E-state index in [4.69, 9.17) is 0 Å². The highest BCUT2D eigenvalue weighted by molar-refractivity contribution is 8.01. The van der Waals surface area contributed by atoms with E-state index in [1.54, 1.807) is 0 Å². The van der Waals surface area contributed by atoms with Gasteiger partial charge in [-0.25, -0.2) is 0 Å². The van der Waals surface area contributed by atoms with Crippen LogP contribution in [0.15, 0.2) is 150 Å². The average Bonchev–Trinajstić information content (AvgIpc) is 3.44. The molecule has 5 atom stereocenters. The predicted molar refractivity (Wildman–Crippen MR) is 221 cm³/mol. The van der Waals surface area contributed by atoms with Gasteiger partial charge >= 0.3 is 0 Å². The van der Waals surface area contributed by atoms with Crippen molar-refractivity contribution in [3.8, 4) is 11.1 Å². The third kappa shape index (κ3) is 3.48. The zero-order valence-electron chi connectivity index (χ0n) is 29.9. The molecule has 3 heteroatoms. The van der Waals surface area contributed by atoms with Crippen molar-refractivity contribution < 1.29 is 0 Å². The maximum absolute atomic E-state index is 2.68. The van der Waals surface area contributed by atoms with Crippen LogP contribution in [-0.2, 0) is 5.41 Å². The maximum atomic E-state index is 2.68. The van der Waals surface area contributed by atoms with E-state index in [1.165, 1.54) is 100 Å². The largest absolute Gasteiger partial charge is 0.309 e. The summed E-state index contributed by atoms with van der Waals surface area (Å²) >= 11 is 2.11. The summed E-state index contributed by atoms with van der Waals surface area (Å²) < 4.78 is 2.52. The minimum Gasteiger partial charge on any atom is -0.309 e. The minimum atomic E-state index is -0.395. The second-order valence-corrected chi connectivity index (χ2v) is 18.0. The summed E-state index contributed by atoms with van der Waals surface area (Å²) in [7, 11) is 0. The first-order valence-electron chi connectivity index (χ1n) is 19.4. The second-order valence-electron chi connectivity index (χ2n) is 16.5. The Morgan fingerprint density at radius 1 is 0.774 bits per heavy atom. The summed E-state index contributed by atoms with van der Waals surface area (Å²) in [5.41, 5.74) is 19.3. The summed E-state index contributed by atoms with van der Waals surface area (Å²) in [6.45, 7) is 7.23. The molecule has 6 aromatic rings. The highest BCUT2D eigenvalue weighted by Crippen LogP contribution is 2.68. The predicted octanol–water partition coefficient (Wildman–Crippen LogP) is 11.6. The first kappa shape index (κ1) is 29.4. The topological polar surface area (TPSA) is 7.94 Å². The number of para-hydroxylation sites is 1. The van der Waals surface area contributed by atoms with Crippen LogP contribution in [0.2, 0.25) is 0 Å². The molecule has 53 heavy (non-hydrogen) atoms. The number of benzene rings is 5. The van der Waals surface area contributed by atoms with Gasteiger partial charge in [-0.05, 0) is 86.6 Å². The number of hydrogen-bond donors (Lipinski definition) is 0. The fraction of sp³-hybridized carbons (Fsp3) is 0.200. The molecular weight excluding hydrogens is 661 g/mol. The van der Waals surface area contributed by atoms with Crippen LogP contribution in [-0.4, -0.2) is 33.3 Å². The molecule has 1 saturated heterocycles. The molecule has 254 valence electrons. The zero-order chi connectivity index (χ0) is 34.8. The SMILES string of the molecule is CC1C=C2C(=CC1)n1c3ccccc3c3c4c(cc(c31)C21c2ccccc2-c2ccccc21)C1C=CC=C(c2ccc(C3=CCN5CC35)cc2)C1(C)S4. The number of thioether (sulfide) groups is 1. The summed E-state index contributed by atoms with van der Waals surface area (Å²) in [4.78, 5) is 3.99. The van der Waals surface area contributed by atoms with Crippen molar-refractivity contribution >= 4 is 50.4 Å². The first-order chi connectivity index (χ1) is 26.1. The van der Waals surface area contributed by atoms with Gasteiger partial charge in [-0.3, -0.25) is 4.90 Å². The smallest absolute Gasteiger partial charge is 0.0751 e. The molecule has 1 fully saturated rings. The molecule has 5 heterocycles. The quantitative estimate of drug-likeness (QED) is 0.166. The normalized spacial score (nSPS) is 27.4. The van der Waals surface area contributed by atoms with E-state index < -0.39 is 5.41 Å². The van der Waals surface area contributed by atoms with Crippen LogP contribution in [0, 0.1) is 5.92 Å². The number of rotatable bonds is 2. The van der Waals surface area contributed by atoms with Crippen molar-refractivity contribution in [1.82, 2.24) is 9.47 Å². The third-order valence-corrected chi connectivity index (χ3v) is 15.4. The standard InChI is InChI=1S/C50H38N2S/c1-29-18-23-44-41(26-29)50(39-13-6-3-10-33(39)34-11-4-7-14-40(34)50)42-27-36-38-16-9-15-37(31-21-19-30(20-22-31)32-24-25-51-28-45(32)51)49(38,2)53-48(36)46-35-12-5-8-17-43(35)52(44)47(42)46/h3-17,19-24,26-27,29,38,45H,18,25,28H2,1-2H3. The number of hydrogen-bond acceptors (Lipinski definition) is 2. The highest BCUT2D eigenvalue weighted by atomic mass is 32.2. The molecule has 0 N–H and O–H groups in total. The lowest BCUT2D eigenvalue weighted by Crippen LogP contribution is -2.36. The molecule has 1 aromatic heterocycles. The van der Waals surface area contributed by atoms with Gasteiger partial charge in [0.1, 0.15) is 0 Å². The molecule has 2 nitrogen and oxygen atoms in total. The monoisotopic (exact) mass is 698 g/mol. The minimum absolute atomic E-state index is 0.139. The molecule has 3 aliphatic carbocycles. The van der Waals surface area contributed by atoms with Crippen molar-refractivity contribution in [1.29, 1.82) is 0 Å². The lowest BCUT2D eigenvalue weighted by Gasteiger charge is -2.43. The summed E-state index contributed by atoms with van der Waals surface area (Å²) in [5, 5.41) is 2.79. The average molecular weight is 699 g/mol. The fourth-order valence-corrected chi connectivity index (χ4v) is 13.1. The number of fused-ring (bicyclic) bond motifs is 17. The van der Waals surface area contributed by atoms with Crippen LogP contribution in [0.3, 0.4) is 0 Å². The van der Waals surface area contributed by atoms with Gasteiger partial charge in [0.2, 0.25) is 0 Å². The van der Waals surface area contributed by atoms with E-state index in [2.05, 4.69) is 175 Å². The van der Waals surface area contributed by atoms with Crippen LogP contribution in [0.5, 0.6) is 0 Å². The molecule has 0 amide bonds. The summed E-state index contributed by atoms with van der Waals surface area (Å²) in [6, 6.07) is 40.6. The Kier molecular flexibility index (Phi) is 5.49. The van der Waals surface area contributed by atoms with Crippen LogP contribution in [0.4, 0.5) is 0 Å². The summed E-state index contributed by atoms with van der Waals surface area (Å²) in [6.07, 6.45) is 15.9. The Balaban J connectivity index is 1.09. The van der Waals surface area contributed by atoms with Crippen LogP contribution in [0.25, 0.3) is 49.8 Å². The van der Waals surface area contributed by atoms with Crippen molar-refractivity contribution in [3.05, 3.63) is 179 Å². The van der Waals surface area contributed by atoms with E-state index in [1.807, 2.05) is 0 Å².